The van der Waals surface area contributed by atoms with Crippen molar-refractivity contribution in [3.63, 3.8) is 0 Å². The minimum absolute atomic E-state index is 0.192. The Morgan fingerprint density at radius 2 is 2.13 bits per heavy atom. The fraction of sp³-hybridized carbons (Fsp3) is 0.438. The van der Waals surface area contributed by atoms with Crippen LogP contribution in [0.4, 0.5) is 5.69 Å². The lowest BCUT2D eigenvalue weighted by Gasteiger charge is -2.16. The maximum atomic E-state index is 11.7. The molecule has 0 aliphatic carbocycles. The molecule has 0 saturated carbocycles. The van der Waals surface area contributed by atoms with Crippen molar-refractivity contribution in [3.05, 3.63) is 29.8 Å². The Labute approximate surface area is 141 Å². The molecule has 0 spiro atoms. The third-order valence-electron chi connectivity index (χ3n) is 3.59. The van der Waals surface area contributed by atoms with Crippen LogP contribution in [0.15, 0.2) is 29.4 Å². The second-order valence-corrected chi connectivity index (χ2v) is 5.66. The second kappa shape index (κ2) is 8.59. The van der Waals surface area contributed by atoms with Gasteiger partial charge in [0, 0.05) is 32.3 Å². The highest BCUT2D eigenvalue weighted by atomic mass is 32.1. The second-order valence-electron chi connectivity index (χ2n) is 5.25. The van der Waals surface area contributed by atoms with Gasteiger partial charge in [-0.3, -0.25) is 10.2 Å². The summed E-state index contributed by atoms with van der Waals surface area (Å²) in [6.07, 6.45) is 1.57. The number of carbonyl (C=O) groups excluding carboxylic acids is 1. The van der Waals surface area contributed by atoms with Gasteiger partial charge in [0.25, 0.3) is 0 Å². The number of rotatable bonds is 6. The summed E-state index contributed by atoms with van der Waals surface area (Å²) in [7, 11) is 1.64. The van der Waals surface area contributed by atoms with Crippen LogP contribution in [0.3, 0.4) is 0 Å². The predicted octanol–water partition coefficient (Wildman–Crippen LogP) is 1.65. The van der Waals surface area contributed by atoms with Gasteiger partial charge in [-0.25, -0.2) is 0 Å². The third-order valence-corrected chi connectivity index (χ3v) is 3.82. The first kappa shape index (κ1) is 17.4. The molecule has 1 amide bonds. The highest BCUT2D eigenvalue weighted by Gasteiger charge is 2.21. The Balaban J connectivity index is 1.91. The van der Waals surface area contributed by atoms with Crippen molar-refractivity contribution < 1.29 is 9.53 Å². The van der Waals surface area contributed by atoms with E-state index in [1.165, 1.54) is 0 Å². The Hall–Kier alpha value is -1.99. The Morgan fingerprint density at radius 3 is 2.74 bits per heavy atom. The molecule has 1 aromatic carbocycles. The van der Waals surface area contributed by atoms with E-state index >= 15 is 0 Å². The SMILES string of the molecule is COCCNC(=S)N/N=C(/C)c1ccc(N2CCCC2=O)cc1. The van der Waals surface area contributed by atoms with Gasteiger partial charge >= 0.3 is 0 Å². The molecule has 23 heavy (non-hydrogen) atoms. The fourth-order valence-electron chi connectivity index (χ4n) is 2.31. The van der Waals surface area contributed by atoms with Crippen LogP contribution in [-0.4, -0.2) is 43.5 Å². The molecule has 2 N–H and O–H groups in total. The van der Waals surface area contributed by atoms with Crippen molar-refractivity contribution in [2.75, 3.05) is 31.7 Å². The average molecular weight is 334 g/mol. The van der Waals surface area contributed by atoms with Crippen molar-refractivity contribution in [1.29, 1.82) is 0 Å². The molecule has 1 aliphatic heterocycles. The van der Waals surface area contributed by atoms with Gasteiger partial charge in [-0.2, -0.15) is 5.10 Å². The highest BCUT2D eigenvalue weighted by Crippen LogP contribution is 2.21. The smallest absolute Gasteiger partial charge is 0.227 e. The van der Waals surface area contributed by atoms with Crippen LogP contribution in [0.25, 0.3) is 0 Å². The zero-order valence-corrected chi connectivity index (χ0v) is 14.3. The molecule has 6 nitrogen and oxygen atoms in total. The average Bonchev–Trinajstić information content (AvgIpc) is 2.99. The van der Waals surface area contributed by atoms with Crippen LogP contribution in [0.5, 0.6) is 0 Å². The van der Waals surface area contributed by atoms with E-state index in [1.54, 1.807) is 7.11 Å². The predicted molar refractivity (Wildman–Crippen MR) is 95.9 cm³/mol. The Bertz CT molecular complexity index is 586. The highest BCUT2D eigenvalue weighted by molar-refractivity contribution is 7.80. The zero-order valence-electron chi connectivity index (χ0n) is 13.5. The molecule has 124 valence electrons. The fourth-order valence-corrected chi connectivity index (χ4v) is 2.46. The summed E-state index contributed by atoms with van der Waals surface area (Å²) in [5.74, 6) is 0.192. The molecule has 0 aromatic heterocycles. The summed E-state index contributed by atoms with van der Waals surface area (Å²) in [5.41, 5.74) is 5.54. The lowest BCUT2D eigenvalue weighted by molar-refractivity contribution is -0.117. The van der Waals surface area contributed by atoms with E-state index in [1.807, 2.05) is 36.1 Å². The number of anilines is 1. The summed E-state index contributed by atoms with van der Waals surface area (Å²) in [5, 5.41) is 7.70. The lowest BCUT2D eigenvalue weighted by atomic mass is 10.1. The molecule has 1 heterocycles. The van der Waals surface area contributed by atoms with Gasteiger partial charge in [-0.05, 0) is 43.3 Å². The number of carbonyl (C=O) groups is 1. The van der Waals surface area contributed by atoms with Gasteiger partial charge in [-0.1, -0.05) is 12.1 Å². The number of benzene rings is 1. The van der Waals surface area contributed by atoms with Gasteiger partial charge in [-0.15, -0.1) is 0 Å². The first-order valence-electron chi connectivity index (χ1n) is 7.59. The number of hydrogen-bond acceptors (Lipinski definition) is 4. The van der Waals surface area contributed by atoms with E-state index < -0.39 is 0 Å². The molecule has 1 fully saturated rings. The van der Waals surface area contributed by atoms with Gasteiger partial charge in [0.05, 0.1) is 12.3 Å². The molecule has 1 saturated heterocycles. The minimum Gasteiger partial charge on any atom is -0.383 e. The molecule has 2 rings (SSSR count). The standard InChI is InChI=1S/C16H22N4O2S/c1-12(18-19-16(23)17-9-11-22-2)13-5-7-14(8-6-13)20-10-3-4-15(20)21/h5-8H,3-4,9-11H2,1-2H3,(H2,17,19,23)/b18-12-. The van der Waals surface area contributed by atoms with Crippen LogP contribution < -0.4 is 15.6 Å². The van der Waals surface area contributed by atoms with Crippen molar-refractivity contribution >= 4 is 34.6 Å². The maximum Gasteiger partial charge on any atom is 0.227 e. The van der Waals surface area contributed by atoms with Crippen molar-refractivity contribution in [1.82, 2.24) is 10.7 Å². The largest absolute Gasteiger partial charge is 0.383 e. The van der Waals surface area contributed by atoms with Crippen molar-refractivity contribution in [2.24, 2.45) is 5.10 Å². The number of nitrogens with zero attached hydrogens (tertiary/aromatic N) is 2. The lowest BCUT2D eigenvalue weighted by Crippen LogP contribution is -2.34. The van der Waals surface area contributed by atoms with E-state index in [2.05, 4.69) is 15.8 Å². The number of hydrogen-bond donors (Lipinski definition) is 2. The monoisotopic (exact) mass is 334 g/mol. The van der Waals surface area contributed by atoms with E-state index in [4.69, 9.17) is 17.0 Å². The molecule has 0 unspecified atom stereocenters. The van der Waals surface area contributed by atoms with E-state index in [0.29, 0.717) is 24.7 Å². The summed E-state index contributed by atoms with van der Waals surface area (Å²) in [4.78, 5) is 13.6. The molecule has 7 heteroatoms. The first-order chi connectivity index (χ1) is 11.1. The van der Waals surface area contributed by atoms with Gasteiger partial charge < -0.3 is 15.0 Å². The number of nitrogens with one attached hydrogen (secondary N) is 2. The van der Waals surface area contributed by atoms with Crippen molar-refractivity contribution in [2.45, 2.75) is 19.8 Å². The van der Waals surface area contributed by atoms with Gasteiger partial charge in [0.1, 0.15) is 0 Å². The van der Waals surface area contributed by atoms with Crippen LogP contribution in [0.1, 0.15) is 25.3 Å². The quantitative estimate of drug-likeness (QED) is 0.358. The summed E-state index contributed by atoms with van der Waals surface area (Å²) < 4.78 is 4.93. The summed E-state index contributed by atoms with van der Waals surface area (Å²) in [6.45, 7) is 3.92. The Kier molecular flexibility index (Phi) is 6.49. The topological polar surface area (TPSA) is 66.0 Å². The number of thiocarbonyl (C=S) groups is 1. The van der Waals surface area contributed by atoms with Gasteiger partial charge in [0.2, 0.25) is 5.91 Å². The third kappa shape index (κ3) is 5.01. The molecule has 0 atom stereocenters. The molecular weight excluding hydrogens is 312 g/mol. The van der Waals surface area contributed by atoms with Crippen LogP contribution in [-0.2, 0) is 9.53 Å². The van der Waals surface area contributed by atoms with E-state index in [-0.39, 0.29) is 5.91 Å². The molecule has 1 aliphatic rings. The van der Waals surface area contributed by atoms with E-state index in [0.717, 1.165) is 29.9 Å². The van der Waals surface area contributed by atoms with Gasteiger partial charge in [0.15, 0.2) is 5.11 Å². The zero-order chi connectivity index (χ0) is 16.7. The molecule has 0 radical (unpaired) electrons. The number of ether oxygens (including phenoxy) is 1. The Morgan fingerprint density at radius 1 is 1.39 bits per heavy atom. The number of methoxy groups -OCH3 is 1. The normalized spacial score (nSPS) is 15.0. The van der Waals surface area contributed by atoms with Crippen molar-refractivity contribution in [3.8, 4) is 0 Å². The maximum absolute atomic E-state index is 11.7. The summed E-state index contributed by atoms with van der Waals surface area (Å²) >= 11 is 5.11. The molecular formula is C16H22N4O2S. The first-order valence-corrected chi connectivity index (χ1v) is 8.00. The van der Waals surface area contributed by atoms with Crippen LogP contribution in [0, 0.1) is 0 Å². The van der Waals surface area contributed by atoms with Crippen LogP contribution >= 0.6 is 12.2 Å². The number of amides is 1. The van der Waals surface area contributed by atoms with E-state index in [9.17, 15) is 4.79 Å². The summed E-state index contributed by atoms with van der Waals surface area (Å²) in [6, 6.07) is 7.82. The number of hydrazone groups is 1. The molecule has 1 aromatic rings. The van der Waals surface area contributed by atoms with Crippen LogP contribution in [0.2, 0.25) is 0 Å². The minimum atomic E-state index is 0.192. The molecule has 0 bridgehead atoms.